The van der Waals surface area contributed by atoms with Gasteiger partial charge in [0.1, 0.15) is 6.61 Å². The van der Waals surface area contributed by atoms with Crippen molar-refractivity contribution < 1.29 is 43.0 Å². The molecular formula is C31H38BFN2O8. The molecule has 0 aliphatic carbocycles. The van der Waals surface area contributed by atoms with Gasteiger partial charge < -0.3 is 33.9 Å². The molecule has 3 aromatic rings. The minimum atomic E-state index is -1.57. The zero-order valence-corrected chi connectivity index (χ0v) is 24.8. The van der Waals surface area contributed by atoms with Crippen molar-refractivity contribution in [3.63, 3.8) is 0 Å². The summed E-state index contributed by atoms with van der Waals surface area (Å²) in [4.78, 5) is 26.6. The molecule has 43 heavy (non-hydrogen) atoms. The van der Waals surface area contributed by atoms with Gasteiger partial charge in [-0.25, -0.2) is 14.0 Å². The molecule has 10 nitrogen and oxygen atoms in total. The number of carbonyl (C=O) groups excluding carboxylic acids is 2. The van der Waals surface area contributed by atoms with Gasteiger partial charge in [-0.15, -0.1) is 0 Å². The predicted octanol–water partition coefficient (Wildman–Crippen LogP) is 4.35. The lowest BCUT2D eigenvalue weighted by molar-refractivity contribution is 0.102. The fourth-order valence-electron chi connectivity index (χ4n) is 4.39. The number of halogens is 1. The Balaban J connectivity index is 1.68. The maximum absolute atomic E-state index is 15.2. The van der Waals surface area contributed by atoms with Crippen molar-refractivity contribution in [2.45, 2.75) is 39.3 Å². The Kier molecular flexibility index (Phi) is 12.8. The Morgan fingerprint density at radius 3 is 2.47 bits per heavy atom. The van der Waals surface area contributed by atoms with Crippen LogP contribution >= 0.6 is 0 Å². The molecule has 12 heteroatoms. The first-order valence-electron chi connectivity index (χ1n) is 13.8. The molecule has 0 radical (unpaired) electrons. The van der Waals surface area contributed by atoms with Crippen molar-refractivity contribution in [1.29, 1.82) is 0 Å². The molecule has 0 saturated heterocycles. The van der Waals surface area contributed by atoms with E-state index in [1.54, 1.807) is 25.3 Å². The van der Waals surface area contributed by atoms with E-state index in [4.69, 9.17) is 18.9 Å². The van der Waals surface area contributed by atoms with E-state index in [1.165, 1.54) is 18.0 Å². The Hall–Kier alpha value is -4.13. The Bertz CT molecular complexity index is 1360. The normalized spacial score (nSPS) is 11.4. The van der Waals surface area contributed by atoms with Crippen LogP contribution in [-0.4, -0.2) is 68.2 Å². The molecule has 0 heterocycles. The monoisotopic (exact) mass is 596 g/mol. The lowest BCUT2D eigenvalue weighted by Crippen LogP contribution is -2.30. The number of ether oxygens (including phenoxy) is 4. The number of aryl methyl sites for hydroxylation is 1. The molecule has 3 aromatic carbocycles. The first-order valence-corrected chi connectivity index (χ1v) is 13.8. The molecule has 0 bridgehead atoms. The highest BCUT2D eigenvalue weighted by atomic mass is 19.1. The van der Waals surface area contributed by atoms with E-state index in [0.29, 0.717) is 24.1 Å². The number of carbonyl (C=O) groups is 2. The summed E-state index contributed by atoms with van der Waals surface area (Å²) in [5.41, 5.74) is 3.34. The minimum Gasteiger partial charge on any atom is -0.490 e. The first kappa shape index (κ1) is 33.4. The molecule has 3 rings (SSSR count). The van der Waals surface area contributed by atoms with Crippen LogP contribution in [0, 0.1) is 12.7 Å². The number of benzene rings is 3. The molecule has 0 fully saturated rings. The van der Waals surface area contributed by atoms with Gasteiger partial charge in [0.2, 0.25) is 0 Å². The van der Waals surface area contributed by atoms with Crippen LogP contribution in [0.3, 0.4) is 0 Å². The summed E-state index contributed by atoms with van der Waals surface area (Å²) in [5, 5.41) is 21.3. The average Bonchev–Trinajstić information content (AvgIpc) is 2.98. The van der Waals surface area contributed by atoms with E-state index in [2.05, 4.69) is 5.32 Å². The third-order valence-corrected chi connectivity index (χ3v) is 6.62. The number of nitrogens with one attached hydrogen (secondary N) is 1. The summed E-state index contributed by atoms with van der Waals surface area (Å²) < 4.78 is 36.7. The van der Waals surface area contributed by atoms with E-state index in [-0.39, 0.29) is 43.7 Å². The van der Waals surface area contributed by atoms with Crippen molar-refractivity contribution in [3.8, 4) is 5.75 Å². The van der Waals surface area contributed by atoms with Crippen molar-refractivity contribution in [1.82, 2.24) is 4.90 Å². The molecule has 0 aliphatic rings. The molecule has 1 unspecified atom stereocenters. The van der Waals surface area contributed by atoms with Gasteiger partial charge in [0.25, 0.3) is 0 Å². The molecule has 1 atom stereocenters. The molecule has 230 valence electrons. The minimum absolute atomic E-state index is 0.0275. The summed E-state index contributed by atoms with van der Waals surface area (Å²) in [7, 11) is 1.50. The summed E-state index contributed by atoms with van der Waals surface area (Å²) >= 11 is 0. The second-order valence-corrected chi connectivity index (χ2v) is 10.2. The molecule has 3 N–H and O–H groups in total. The molecule has 0 aliphatic heterocycles. The zero-order valence-electron chi connectivity index (χ0n) is 24.8. The SMILES string of the molecule is COCCCOc1c(F)cc(NC(=O)OCC(C)c2ccc(B(O)O)cc2C)cc1CN(C)C(=O)OCc1ccccc1. The fourth-order valence-corrected chi connectivity index (χ4v) is 4.39. The number of hydrogen-bond acceptors (Lipinski definition) is 8. The number of amides is 2. The lowest BCUT2D eigenvalue weighted by Gasteiger charge is -2.21. The van der Waals surface area contributed by atoms with E-state index in [0.717, 1.165) is 22.8 Å². The lowest BCUT2D eigenvalue weighted by atomic mass is 9.78. The van der Waals surface area contributed by atoms with Crippen LogP contribution in [0.25, 0.3) is 0 Å². The maximum Gasteiger partial charge on any atom is 0.488 e. The molecule has 0 saturated carbocycles. The Labute approximate surface area is 251 Å². The van der Waals surface area contributed by atoms with Crippen molar-refractivity contribution in [2.24, 2.45) is 0 Å². The van der Waals surface area contributed by atoms with E-state index in [9.17, 15) is 19.6 Å². The summed E-state index contributed by atoms with van der Waals surface area (Å²) in [5.74, 6) is -0.953. The molecule has 2 amide bonds. The van der Waals surface area contributed by atoms with E-state index >= 15 is 4.39 Å². The van der Waals surface area contributed by atoms with Crippen LogP contribution < -0.4 is 15.5 Å². The van der Waals surface area contributed by atoms with Gasteiger partial charge in [0.05, 0.1) is 19.8 Å². The van der Waals surface area contributed by atoms with E-state index in [1.807, 2.05) is 44.2 Å². The largest absolute Gasteiger partial charge is 0.490 e. The highest BCUT2D eigenvalue weighted by Gasteiger charge is 2.20. The first-order chi connectivity index (χ1) is 20.6. The highest BCUT2D eigenvalue weighted by Crippen LogP contribution is 2.29. The standard InChI is InChI=1S/C31H38BFN2O8/c1-21-15-25(32(38)39)11-12-27(21)22(2)19-42-30(36)34-26-16-24(29(28(33)17-26)41-14-8-13-40-4)18-35(3)31(37)43-20-23-9-6-5-7-10-23/h5-7,9-12,15-17,22,38-39H,8,13-14,18-20H2,1-4H3,(H,34,36). The molecule has 0 aromatic heterocycles. The van der Waals surface area contributed by atoms with Crippen LogP contribution in [0.15, 0.2) is 60.7 Å². The van der Waals surface area contributed by atoms with Crippen LogP contribution in [0.4, 0.5) is 19.7 Å². The third-order valence-electron chi connectivity index (χ3n) is 6.62. The maximum atomic E-state index is 15.2. The number of hydrogen-bond donors (Lipinski definition) is 3. The van der Waals surface area contributed by atoms with Crippen molar-refractivity contribution >= 4 is 30.5 Å². The van der Waals surface area contributed by atoms with E-state index < -0.39 is 25.1 Å². The second kappa shape index (κ2) is 16.5. The Morgan fingerprint density at radius 1 is 1.05 bits per heavy atom. The van der Waals surface area contributed by atoms with Crippen molar-refractivity contribution in [3.05, 3.63) is 88.7 Å². The van der Waals surface area contributed by atoms with Gasteiger partial charge in [0.15, 0.2) is 11.6 Å². The number of methoxy groups -OCH3 is 1. The zero-order chi connectivity index (χ0) is 31.4. The van der Waals surface area contributed by atoms with Gasteiger partial charge in [-0.1, -0.05) is 55.5 Å². The fraction of sp³-hybridized carbons (Fsp3) is 0.355. The van der Waals surface area contributed by atoms with Gasteiger partial charge in [-0.2, -0.15) is 0 Å². The van der Waals surface area contributed by atoms with Gasteiger partial charge in [-0.05, 0) is 35.1 Å². The topological polar surface area (TPSA) is 127 Å². The molecule has 0 spiro atoms. The average molecular weight is 596 g/mol. The van der Waals surface area contributed by atoms with Crippen LogP contribution in [0.2, 0.25) is 0 Å². The van der Waals surface area contributed by atoms with Gasteiger partial charge >= 0.3 is 19.3 Å². The number of nitrogens with zero attached hydrogens (tertiary/aromatic N) is 1. The second-order valence-electron chi connectivity index (χ2n) is 10.2. The Morgan fingerprint density at radius 2 is 1.79 bits per heavy atom. The van der Waals surface area contributed by atoms with Crippen LogP contribution in [0.1, 0.15) is 41.5 Å². The van der Waals surface area contributed by atoms with Gasteiger partial charge in [-0.3, -0.25) is 5.32 Å². The number of rotatable bonds is 14. The van der Waals surface area contributed by atoms with Crippen LogP contribution in [-0.2, 0) is 27.4 Å². The quantitative estimate of drug-likeness (QED) is 0.185. The van der Waals surface area contributed by atoms with Crippen LogP contribution in [0.5, 0.6) is 5.75 Å². The highest BCUT2D eigenvalue weighted by molar-refractivity contribution is 6.58. The predicted molar refractivity (Wildman–Crippen MR) is 161 cm³/mol. The summed E-state index contributed by atoms with van der Waals surface area (Å²) in [6, 6.07) is 16.9. The summed E-state index contributed by atoms with van der Waals surface area (Å²) in [6.45, 7) is 4.37. The third kappa shape index (κ3) is 10.3. The molecular weight excluding hydrogens is 558 g/mol. The van der Waals surface area contributed by atoms with Crippen molar-refractivity contribution in [2.75, 3.05) is 39.3 Å². The smallest absolute Gasteiger partial charge is 0.488 e. The summed E-state index contributed by atoms with van der Waals surface area (Å²) in [6.07, 6.45) is -0.878. The van der Waals surface area contributed by atoms with Gasteiger partial charge in [0, 0.05) is 50.4 Å². The number of anilines is 1.